The number of hydrogen-bond acceptors (Lipinski definition) is 4. The SMILES string of the molecule is CC1=CC2(C)[C@H]3C(=O)N(c4cc(Cl)cc(Cl)c4)C(=O)[C@H]3C1[C@@H]1C(=O)N(c3cc(Cl)cc(Cl)c3)C(=O)[C@@H]12. The van der Waals surface area contributed by atoms with Crippen LogP contribution in [0.3, 0.4) is 0 Å². The molecule has 7 rings (SSSR count). The molecule has 6 nitrogen and oxygen atoms in total. The summed E-state index contributed by atoms with van der Waals surface area (Å²) in [5, 5.41) is 1.15. The van der Waals surface area contributed by atoms with Gasteiger partial charge in [-0.05, 0) is 43.3 Å². The number of rotatable bonds is 2. The molecule has 1 saturated carbocycles. The zero-order chi connectivity index (χ0) is 25.8. The van der Waals surface area contributed by atoms with Crippen LogP contribution in [0, 0.1) is 35.0 Å². The van der Waals surface area contributed by atoms with Gasteiger partial charge in [0.2, 0.25) is 23.6 Å². The van der Waals surface area contributed by atoms with E-state index in [1.165, 1.54) is 36.4 Å². The van der Waals surface area contributed by atoms with E-state index in [4.69, 9.17) is 46.4 Å². The number of allylic oxidation sites excluding steroid dienone is 2. The predicted molar refractivity (Wildman–Crippen MR) is 137 cm³/mol. The third kappa shape index (κ3) is 3.05. The van der Waals surface area contributed by atoms with Gasteiger partial charge in [0.1, 0.15) is 0 Å². The van der Waals surface area contributed by atoms with Gasteiger partial charge >= 0.3 is 0 Å². The molecule has 0 radical (unpaired) electrons. The summed E-state index contributed by atoms with van der Waals surface area (Å²) in [6, 6.07) is 9.05. The lowest BCUT2D eigenvalue weighted by Crippen LogP contribution is -2.57. The first-order valence-corrected chi connectivity index (χ1v) is 12.8. The van der Waals surface area contributed by atoms with Crippen LogP contribution in [-0.2, 0) is 19.2 Å². The van der Waals surface area contributed by atoms with E-state index in [1.807, 2.05) is 13.0 Å². The van der Waals surface area contributed by atoms with Crippen molar-refractivity contribution in [3.05, 3.63) is 68.1 Å². The molecule has 3 fully saturated rings. The molecule has 10 heteroatoms. The highest BCUT2D eigenvalue weighted by molar-refractivity contribution is 6.37. The van der Waals surface area contributed by atoms with E-state index in [0.29, 0.717) is 0 Å². The Kier molecular flexibility index (Phi) is 5.20. The fourth-order valence-electron chi connectivity index (χ4n) is 7.01. The van der Waals surface area contributed by atoms with Crippen LogP contribution in [0.5, 0.6) is 0 Å². The molecule has 5 aliphatic rings. The van der Waals surface area contributed by atoms with E-state index in [9.17, 15) is 19.2 Å². The molecular formula is C26H18Cl4N2O4. The van der Waals surface area contributed by atoms with Gasteiger partial charge in [-0.25, -0.2) is 9.80 Å². The molecule has 0 unspecified atom stereocenters. The highest BCUT2D eigenvalue weighted by atomic mass is 35.5. The van der Waals surface area contributed by atoms with Gasteiger partial charge in [-0.15, -0.1) is 0 Å². The first-order valence-electron chi connectivity index (χ1n) is 11.3. The minimum Gasteiger partial charge on any atom is -0.274 e. The first kappa shape index (κ1) is 24.0. The maximum Gasteiger partial charge on any atom is 0.238 e. The molecule has 4 amide bonds. The maximum atomic E-state index is 13.8. The molecule has 2 heterocycles. The monoisotopic (exact) mass is 562 g/mol. The van der Waals surface area contributed by atoms with Crippen LogP contribution in [0.15, 0.2) is 48.0 Å². The lowest BCUT2D eigenvalue weighted by atomic mass is 9.46. The van der Waals surface area contributed by atoms with Crippen LogP contribution in [-0.4, -0.2) is 23.6 Å². The Hall–Kier alpha value is -2.38. The molecule has 0 aromatic heterocycles. The zero-order valence-corrected chi connectivity index (χ0v) is 22.0. The highest BCUT2D eigenvalue weighted by Gasteiger charge is 2.74. The molecule has 4 atom stereocenters. The van der Waals surface area contributed by atoms with Crippen LogP contribution in [0.2, 0.25) is 20.1 Å². The number of amides is 4. The quantitative estimate of drug-likeness (QED) is 0.341. The van der Waals surface area contributed by atoms with Crippen LogP contribution in [0.25, 0.3) is 0 Å². The van der Waals surface area contributed by atoms with Gasteiger partial charge < -0.3 is 0 Å². The summed E-state index contributed by atoms with van der Waals surface area (Å²) in [4.78, 5) is 57.5. The molecule has 184 valence electrons. The second-order valence-electron chi connectivity index (χ2n) is 10.1. The summed E-state index contributed by atoms with van der Waals surface area (Å²) < 4.78 is 0. The van der Waals surface area contributed by atoms with Gasteiger partial charge in [0.05, 0.1) is 35.0 Å². The van der Waals surface area contributed by atoms with Crippen molar-refractivity contribution >= 4 is 81.4 Å². The van der Waals surface area contributed by atoms with E-state index in [-0.39, 0.29) is 31.5 Å². The molecule has 2 aromatic rings. The molecule has 2 aliphatic heterocycles. The molecule has 2 saturated heterocycles. The van der Waals surface area contributed by atoms with Gasteiger partial charge in [-0.1, -0.05) is 65.0 Å². The minimum absolute atomic E-state index is 0.274. The van der Waals surface area contributed by atoms with Crippen LogP contribution < -0.4 is 9.80 Å². The topological polar surface area (TPSA) is 74.8 Å². The predicted octanol–water partition coefficient (Wildman–Crippen LogP) is 5.81. The number of halogens is 4. The number of nitrogens with zero attached hydrogens (tertiary/aromatic N) is 2. The first-order chi connectivity index (χ1) is 16.9. The van der Waals surface area contributed by atoms with Crippen LogP contribution in [0.4, 0.5) is 11.4 Å². The van der Waals surface area contributed by atoms with Gasteiger partial charge in [-0.2, -0.15) is 0 Å². The third-order valence-electron chi connectivity index (χ3n) is 8.09. The number of benzene rings is 2. The molecule has 2 aromatic carbocycles. The van der Waals surface area contributed by atoms with Crippen molar-refractivity contribution in [1.29, 1.82) is 0 Å². The fourth-order valence-corrected chi connectivity index (χ4v) is 8.04. The molecule has 0 spiro atoms. The Balaban J connectivity index is 1.48. The smallest absolute Gasteiger partial charge is 0.238 e. The van der Waals surface area contributed by atoms with E-state index >= 15 is 0 Å². The Morgan fingerprint density at radius 1 is 0.611 bits per heavy atom. The second-order valence-corrected chi connectivity index (χ2v) is 11.8. The van der Waals surface area contributed by atoms with Crippen molar-refractivity contribution in [2.24, 2.45) is 35.0 Å². The summed E-state index contributed by atoms with van der Waals surface area (Å²) in [5.41, 5.74) is 0.312. The molecule has 0 N–H and O–H groups in total. The summed E-state index contributed by atoms with van der Waals surface area (Å²) in [6.45, 7) is 3.64. The van der Waals surface area contributed by atoms with E-state index in [0.717, 1.165) is 15.4 Å². The lowest BCUT2D eigenvalue weighted by Gasteiger charge is -2.53. The summed E-state index contributed by atoms with van der Waals surface area (Å²) in [7, 11) is 0. The van der Waals surface area contributed by atoms with Crippen LogP contribution >= 0.6 is 46.4 Å². The fraction of sp³-hybridized carbons (Fsp3) is 0.308. The van der Waals surface area contributed by atoms with E-state index < -0.39 is 58.6 Å². The summed E-state index contributed by atoms with van der Waals surface area (Å²) in [5.74, 6) is -5.49. The zero-order valence-electron chi connectivity index (χ0n) is 19.0. The maximum absolute atomic E-state index is 13.8. The van der Waals surface area contributed by atoms with Crippen molar-refractivity contribution in [2.75, 3.05) is 9.80 Å². The number of carbonyl (C=O) groups is 4. The molecule has 2 bridgehead atoms. The average Bonchev–Trinajstić information content (AvgIpc) is 3.18. The molecule has 36 heavy (non-hydrogen) atoms. The number of imide groups is 2. The largest absolute Gasteiger partial charge is 0.274 e. The standard InChI is InChI=1S/C26H18Cl4N2O4/c1-10-9-26(2)20-18(22(33)31(24(20)35)15-5-11(27)3-12(28)6-15)17(10)19-21(26)25(36)32(23(19)34)16-7-13(29)4-14(30)8-16/h3-9,17-21H,1-2H3/t17?,18-,19-,20+,21+,26?/m0/s1. The van der Waals surface area contributed by atoms with Gasteiger partial charge in [0, 0.05) is 31.4 Å². The number of carbonyl (C=O) groups excluding carboxylic acids is 4. The van der Waals surface area contributed by atoms with Crippen molar-refractivity contribution in [2.45, 2.75) is 13.8 Å². The van der Waals surface area contributed by atoms with E-state index in [1.54, 1.807) is 6.92 Å². The van der Waals surface area contributed by atoms with Crippen molar-refractivity contribution in [1.82, 2.24) is 0 Å². The van der Waals surface area contributed by atoms with Gasteiger partial charge in [0.25, 0.3) is 0 Å². The minimum atomic E-state index is -1.05. The van der Waals surface area contributed by atoms with Gasteiger partial charge in [-0.3, -0.25) is 19.2 Å². The van der Waals surface area contributed by atoms with Crippen molar-refractivity contribution in [3.8, 4) is 0 Å². The normalized spacial score (nSPS) is 32.8. The summed E-state index contributed by atoms with van der Waals surface area (Å²) >= 11 is 24.6. The summed E-state index contributed by atoms with van der Waals surface area (Å²) in [6.07, 6.45) is 1.90. The van der Waals surface area contributed by atoms with Crippen molar-refractivity contribution < 1.29 is 19.2 Å². The Morgan fingerprint density at radius 2 is 0.972 bits per heavy atom. The number of hydrogen-bond donors (Lipinski definition) is 0. The Morgan fingerprint density at radius 3 is 1.33 bits per heavy atom. The Labute approximate surface area is 226 Å². The van der Waals surface area contributed by atoms with Gasteiger partial charge in [0.15, 0.2) is 0 Å². The Bertz CT molecular complexity index is 1320. The number of anilines is 2. The molecule has 3 aliphatic carbocycles. The van der Waals surface area contributed by atoms with E-state index in [2.05, 4.69) is 0 Å². The average molecular weight is 564 g/mol. The van der Waals surface area contributed by atoms with Crippen LogP contribution in [0.1, 0.15) is 13.8 Å². The van der Waals surface area contributed by atoms with Crippen molar-refractivity contribution in [3.63, 3.8) is 0 Å². The third-order valence-corrected chi connectivity index (χ3v) is 8.96. The second kappa shape index (κ2) is 7.81. The highest BCUT2D eigenvalue weighted by Crippen LogP contribution is 2.66. The molecular weight excluding hydrogens is 546 g/mol. The lowest BCUT2D eigenvalue weighted by molar-refractivity contribution is -0.146.